The number of aryl methyl sites for hydroxylation is 1. The Bertz CT molecular complexity index is 263. The summed E-state index contributed by atoms with van der Waals surface area (Å²) in [6.07, 6.45) is 1.40. The molecule has 0 saturated carbocycles. The van der Waals surface area contributed by atoms with E-state index in [1.807, 2.05) is 22.6 Å². The number of hydrogen-bond donors (Lipinski definition) is 0. The Morgan fingerprint density at radius 2 is 2.17 bits per heavy atom. The van der Waals surface area contributed by atoms with Gasteiger partial charge in [0.2, 0.25) is 0 Å². The van der Waals surface area contributed by atoms with Crippen LogP contribution in [0.3, 0.4) is 0 Å². The zero-order chi connectivity index (χ0) is 9.35. The van der Waals surface area contributed by atoms with E-state index in [-0.39, 0.29) is 16.8 Å². The van der Waals surface area contributed by atoms with Gasteiger partial charge in [-0.1, -0.05) is 0 Å². The maximum atomic E-state index is 11.9. The summed E-state index contributed by atoms with van der Waals surface area (Å²) >= 11 is 1.67. The summed E-state index contributed by atoms with van der Waals surface area (Å²) < 4.78 is 37.4. The van der Waals surface area contributed by atoms with Crippen LogP contribution in [0.4, 0.5) is 13.2 Å². The van der Waals surface area contributed by atoms with Crippen LogP contribution in [0.5, 0.6) is 0 Å². The van der Waals surface area contributed by atoms with Crippen molar-refractivity contribution in [2.24, 2.45) is 7.05 Å². The molecule has 0 saturated heterocycles. The molecule has 0 aliphatic carbocycles. The van der Waals surface area contributed by atoms with Crippen LogP contribution < -0.4 is 0 Å². The molecule has 0 fully saturated rings. The fraction of sp³-hybridized carbons (Fsp3) is 0.400. The summed E-state index contributed by atoms with van der Waals surface area (Å²) in [6, 6.07) is 0. The summed E-state index contributed by atoms with van der Waals surface area (Å²) in [7, 11) is 1.48. The maximum Gasteiger partial charge on any atom is 0.447 e. The molecular formula is C5H4F3IN2S. The summed E-state index contributed by atoms with van der Waals surface area (Å²) in [5.74, 6) is 0. The third-order valence-electron chi connectivity index (χ3n) is 1.05. The fourth-order valence-corrected chi connectivity index (χ4v) is 1.98. The smallest absolute Gasteiger partial charge is 0.261 e. The molecule has 0 atom stereocenters. The van der Waals surface area contributed by atoms with Gasteiger partial charge in [-0.05, 0) is 22.6 Å². The Balaban J connectivity index is 2.88. The van der Waals surface area contributed by atoms with Crippen LogP contribution >= 0.6 is 34.4 Å². The van der Waals surface area contributed by atoms with Crippen molar-refractivity contribution in [3.8, 4) is 0 Å². The molecule has 0 aromatic carbocycles. The monoisotopic (exact) mass is 308 g/mol. The van der Waals surface area contributed by atoms with Crippen molar-refractivity contribution >= 4 is 34.4 Å². The molecule has 0 spiro atoms. The third-order valence-corrected chi connectivity index (χ3v) is 3.12. The first kappa shape index (κ1) is 10.2. The molecule has 1 aromatic rings. The van der Waals surface area contributed by atoms with Crippen molar-refractivity contribution in [2.75, 3.05) is 0 Å². The molecule has 68 valence electrons. The van der Waals surface area contributed by atoms with Crippen LogP contribution in [0.1, 0.15) is 0 Å². The van der Waals surface area contributed by atoms with E-state index < -0.39 is 5.51 Å². The molecule has 0 amide bonds. The van der Waals surface area contributed by atoms with Crippen molar-refractivity contribution < 1.29 is 13.2 Å². The Morgan fingerprint density at radius 1 is 1.58 bits per heavy atom. The number of rotatable bonds is 1. The van der Waals surface area contributed by atoms with Crippen LogP contribution in [0, 0.1) is 3.57 Å². The van der Waals surface area contributed by atoms with Crippen LogP contribution in [0.25, 0.3) is 0 Å². The zero-order valence-electron chi connectivity index (χ0n) is 5.89. The minimum atomic E-state index is -4.24. The minimum Gasteiger partial charge on any atom is -0.261 e. The number of aromatic nitrogens is 2. The van der Waals surface area contributed by atoms with E-state index in [2.05, 4.69) is 5.10 Å². The second-order valence-electron chi connectivity index (χ2n) is 1.97. The average molecular weight is 308 g/mol. The first-order valence-electron chi connectivity index (χ1n) is 2.83. The van der Waals surface area contributed by atoms with Gasteiger partial charge in [-0.3, -0.25) is 4.68 Å². The van der Waals surface area contributed by atoms with Gasteiger partial charge in [0.15, 0.2) is 0 Å². The van der Waals surface area contributed by atoms with E-state index >= 15 is 0 Å². The fourth-order valence-electron chi connectivity index (χ4n) is 0.624. The van der Waals surface area contributed by atoms with Crippen LogP contribution in [-0.4, -0.2) is 15.3 Å². The largest absolute Gasteiger partial charge is 0.447 e. The second-order valence-corrected chi connectivity index (χ2v) is 4.18. The topological polar surface area (TPSA) is 17.8 Å². The van der Waals surface area contributed by atoms with E-state index in [1.54, 1.807) is 0 Å². The van der Waals surface area contributed by atoms with E-state index in [4.69, 9.17) is 0 Å². The normalized spacial score (nSPS) is 12.1. The van der Waals surface area contributed by atoms with Crippen molar-refractivity contribution in [1.82, 2.24) is 9.78 Å². The molecule has 7 heteroatoms. The predicted octanol–water partition coefficient (Wildman–Crippen LogP) is 2.64. The van der Waals surface area contributed by atoms with Crippen LogP contribution in [0.15, 0.2) is 11.2 Å². The van der Waals surface area contributed by atoms with Gasteiger partial charge in [0.05, 0.1) is 9.77 Å². The quantitative estimate of drug-likeness (QED) is 0.586. The van der Waals surface area contributed by atoms with Gasteiger partial charge >= 0.3 is 5.51 Å². The van der Waals surface area contributed by atoms with E-state index in [1.165, 1.54) is 17.9 Å². The highest BCUT2D eigenvalue weighted by molar-refractivity contribution is 14.1. The Morgan fingerprint density at radius 3 is 2.50 bits per heavy atom. The number of halogens is 4. The van der Waals surface area contributed by atoms with Crippen LogP contribution in [0.2, 0.25) is 0 Å². The molecule has 12 heavy (non-hydrogen) atoms. The molecule has 0 aliphatic rings. The molecular weight excluding hydrogens is 304 g/mol. The number of alkyl halides is 3. The summed E-state index contributed by atoms with van der Waals surface area (Å²) in [5, 5.41) is 3.82. The van der Waals surface area contributed by atoms with Gasteiger partial charge in [0.25, 0.3) is 0 Å². The molecule has 0 unspecified atom stereocenters. The second kappa shape index (κ2) is 3.44. The molecule has 2 nitrogen and oxygen atoms in total. The lowest BCUT2D eigenvalue weighted by molar-refractivity contribution is -0.0331. The Labute approximate surface area is 84.7 Å². The standard InChI is InChI=1S/C5H4F3IN2S/c1-11-4(3(9)2-10-11)12-5(6,7)8/h2H,1H3. The maximum absolute atomic E-state index is 11.9. The first-order valence-corrected chi connectivity index (χ1v) is 4.73. The number of hydrogen-bond acceptors (Lipinski definition) is 2. The summed E-state index contributed by atoms with van der Waals surface area (Å²) in [4.78, 5) is 0. The van der Waals surface area contributed by atoms with Crippen molar-refractivity contribution in [1.29, 1.82) is 0 Å². The van der Waals surface area contributed by atoms with Gasteiger partial charge in [-0.25, -0.2) is 0 Å². The highest BCUT2D eigenvalue weighted by Crippen LogP contribution is 2.38. The molecule has 1 aromatic heterocycles. The lowest BCUT2D eigenvalue weighted by Gasteiger charge is -2.05. The van der Waals surface area contributed by atoms with E-state index in [0.29, 0.717) is 3.57 Å². The van der Waals surface area contributed by atoms with Gasteiger partial charge < -0.3 is 0 Å². The highest BCUT2D eigenvalue weighted by Gasteiger charge is 2.31. The summed E-state index contributed by atoms with van der Waals surface area (Å²) in [5.41, 5.74) is -4.24. The lowest BCUT2D eigenvalue weighted by atomic mass is 10.7. The zero-order valence-corrected chi connectivity index (χ0v) is 8.87. The SMILES string of the molecule is Cn1ncc(I)c1SC(F)(F)F. The third kappa shape index (κ3) is 2.54. The van der Waals surface area contributed by atoms with E-state index in [9.17, 15) is 13.2 Å². The van der Waals surface area contributed by atoms with Gasteiger partial charge in [-0.15, -0.1) is 0 Å². The van der Waals surface area contributed by atoms with Crippen molar-refractivity contribution in [3.63, 3.8) is 0 Å². The van der Waals surface area contributed by atoms with Crippen molar-refractivity contribution in [2.45, 2.75) is 10.5 Å². The molecule has 0 radical (unpaired) electrons. The predicted molar refractivity (Wildman–Crippen MR) is 47.8 cm³/mol. The molecule has 0 bridgehead atoms. The van der Waals surface area contributed by atoms with Gasteiger partial charge in [0.1, 0.15) is 5.03 Å². The molecule has 0 N–H and O–H groups in total. The Hall–Kier alpha value is 0.0800. The first-order chi connectivity index (χ1) is 5.40. The Kier molecular flexibility index (Phi) is 2.92. The van der Waals surface area contributed by atoms with Crippen molar-refractivity contribution in [3.05, 3.63) is 9.77 Å². The van der Waals surface area contributed by atoms with Gasteiger partial charge in [0, 0.05) is 18.8 Å². The molecule has 1 rings (SSSR count). The molecule has 1 heterocycles. The summed E-state index contributed by atoms with van der Waals surface area (Å²) in [6.45, 7) is 0. The average Bonchev–Trinajstić information content (AvgIpc) is 2.16. The molecule has 0 aliphatic heterocycles. The number of thioether (sulfide) groups is 1. The van der Waals surface area contributed by atoms with Crippen LogP contribution in [-0.2, 0) is 7.05 Å². The van der Waals surface area contributed by atoms with E-state index in [0.717, 1.165) is 0 Å². The number of nitrogens with zero attached hydrogens (tertiary/aromatic N) is 2. The lowest BCUT2D eigenvalue weighted by Crippen LogP contribution is -2.03. The van der Waals surface area contributed by atoms with Gasteiger partial charge in [-0.2, -0.15) is 18.3 Å². The highest BCUT2D eigenvalue weighted by atomic mass is 127. The minimum absolute atomic E-state index is 0.128.